The van der Waals surface area contributed by atoms with Crippen LogP contribution in [0.15, 0.2) is 30.3 Å². The molecule has 0 aliphatic carbocycles. The Morgan fingerprint density at radius 1 is 1.36 bits per heavy atom. The van der Waals surface area contributed by atoms with E-state index < -0.39 is 0 Å². The Balaban J connectivity index is 2.30. The van der Waals surface area contributed by atoms with E-state index in [4.69, 9.17) is 4.74 Å². The summed E-state index contributed by atoms with van der Waals surface area (Å²) < 4.78 is 7.13. The lowest BCUT2D eigenvalue weighted by molar-refractivity contribution is 0.0905. The van der Waals surface area contributed by atoms with Crippen LogP contribution in [-0.2, 0) is 11.3 Å². The van der Waals surface area contributed by atoms with Crippen LogP contribution < -0.4 is 5.32 Å². The van der Waals surface area contributed by atoms with Gasteiger partial charge in [0.1, 0.15) is 5.69 Å². The highest BCUT2D eigenvalue weighted by atomic mass is 16.5. The monoisotopic (exact) mass is 304 g/mol. The number of para-hydroxylation sites is 1. The highest BCUT2D eigenvalue weighted by molar-refractivity contribution is 5.98. The number of aliphatic hydroxyl groups excluding tert-OH is 1. The normalized spacial score (nSPS) is 14.0. The summed E-state index contributed by atoms with van der Waals surface area (Å²) in [5.74, 6) is -0.110. The fourth-order valence-corrected chi connectivity index (χ4v) is 2.40. The van der Waals surface area contributed by atoms with Gasteiger partial charge >= 0.3 is 0 Å². The van der Waals surface area contributed by atoms with Crippen LogP contribution in [0.25, 0.3) is 10.9 Å². The van der Waals surface area contributed by atoms with Crippen LogP contribution in [0, 0.1) is 5.92 Å². The minimum atomic E-state index is -0.125. The van der Waals surface area contributed by atoms with Gasteiger partial charge in [-0.3, -0.25) is 4.79 Å². The second kappa shape index (κ2) is 7.42. The zero-order valence-electron chi connectivity index (χ0n) is 13.4. The van der Waals surface area contributed by atoms with E-state index in [2.05, 4.69) is 5.32 Å². The number of amides is 1. The maximum atomic E-state index is 12.6. The molecular weight excluding hydrogens is 280 g/mol. The molecule has 1 heterocycles. The number of aromatic nitrogens is 1. The van der Waals surface area contributed by atoms with Crippen molar-refractivity contribution >= 4 is 16.8 Å². The van der Waals surface area contributed by atoms with Gasteiger partial charge in [0.25, 0.3) is 5.91 Å². The molecule has 0 fully saturated rings. The first kappa shape index (κ1) is 16.5. The number of nitrogens with one attached hydrogen (secondary N) is 1. The van der Waals surface area contributed by atoms with Crippen LogP contribution >= 0.6 is 0 Å². The van der Waals surface area contributed by atoms with Crippen molar-refractivity contribution in [3.8, 4) is 0 Å². The van der Waals surface area contributed by atoms with Crippen LogP contribution in [0.3, 0.4) is 0 Å². The molecular formula is C17H24N2O3. The van der Waals surface area contributed by atoms with Gasteiger partial charge in [-0.1, -0.05) is 25.1 Å². The van der Waals surface area contributed by atoms with Crippen molar-refractivity contribution in [3.05, 3.63) is 36.0 Å². The lowest BCUT2D eigenvalue weighted by Crippen LogP contribution is -2.39. The predicted octanol–water partition coefficient (Wildman–Crippen LogP) is 2.03. The molecule has 5 nitrogen and oxygen atoms in total. The van der Waals surface area contributed by atoms with E-state index in [0.29, 0.717) is 18.8 Å². The molecule has 2 unspecified atom stereocenters. The second-order valence-electron chi connectivity index (χ2n) is 5.65. The molecule has 1 aromatic heterocycles. The molecule has 2 N–H and O–H groups in total. The number of hydrogen-bond acceptors (Lipinski definition) is 3. The third-order valence-electron chi connectivity index (χ3n) is 4.06. The van der Waals surface area contributed by atoms with Gasteiger partial charge in [-0.15, -0.1) is 0 Å². The molecule has 0 aliphatic rings. The van der Waals surface area contributed by atoms with Crippen LogP contribution in [0.4, 0.5) is 0 Å². The number of nitrogens with zero attached hydrogens (tertiary/aromatic N) is 1. The van der Waals surface area contributed by atoms with Crippen molar-refractivity contribution < 1.29 is 14.6 Å². The zero-order valence-corrected chi connectivity index (χ0v) is 13.4. The average Bonchev–Trinajstić information content (AvgIpc) is 2.90. The van der Waals surface area contributed by atoms with Crippen LogP contribution in [0.1, 0.15) is 24.3 Å². The third-order valence-corrected chi connectivity index (χ3v) is 4.06. The quantitative estimate of drug-likeness (QED) is 0.823. The Kier molecular flexibility index (Phi) is 5.57. The topological polar surface area (TPSA) is 63.5 Å². The molecule has 5 heteroatoms. The molecule has 0 saturated heterocycles. The first-order valence-electron chi connectivity index (χ1n) is 7.57. The summed E-state index contributed by atoms with van der Waals surface area (Å²) in [7, 11) is 1.65. The number of aliphatic hydroxyl groups is 1. The molecule has 0 spiro atoms. The molecule has 1 aromatic carbocycles. The van der Waals surface area contributed by atoms with E-state index in [1.165, 1.54) is 0 Å². The van der Waals surface area contributed by atoms with E-state index in [-0.39, 0.29) is 24.5 Å². The summed E-state index contributed by atoms with van der Waals surface area (Å²) in [4.78, 5) is 12.6. The summed E-state index contributed by atoms with van der Waals surface area (Å²) in [6.45, 7) is 5.03. The van der Waals surface area contributed by atoms with E-state index in [1.807, 2.05) is 48.7 Å². The highest BCUT2D eigenvalue weighted by Crippen LogP contribution is 2.20. The molecule has 0 saturated carbocycles. The first-order valence-corrected chi connectivity index (χ1v) is 7.57. The summed E-state index contributed by atoms with van der Waals surface area (Å²) in [6, 6.07) is 9.73. The Morgan fingerprint density at radius 3 is 2.77 bits per heavy atom. The van der Waals surface area contributed by atoms with Crippen LogP contribution in [0.2, 0.25) is 0 Å². The number of carbonyl (C=O) groups excluding carboxylic acids is 1. The van der Waals surface area contributed by atoms with Gasteiger partial charge in [0.2, 0.25) is 0 Å². The van der Waals surface area contributed by atoms with E-state index in [0.717, 1.165) is 10.9 Å². The van der Waals surface area contributed by atoms with Gasteiger partial charge < -0.3 is 19.7 Å². The average molecular weight is 304 g/mol. The molecule has 2 atom stereocenters. The summed E-state index contributed by atoms with van der Waals surface area (Å²) in [6.07, 6.45) is 0. The molecule has 0 radical (unpaired) electrons. The Morgan fingerprint density at radius 2 is 2.09 bits per heavy atom. The maximum Gasteiger partial charge on any atom is 0.268 e. The molecule has 120 valence electrons. The smallest absolute Gasteiger partial charge is 0.268 e. The molecule has 22 heavy (non-hydrogen) atoms. The zero-order chi connectivity index (χ0) is 16.1. The Labute approximate surface area is 130 Å². The number of hydrogen-bond donors (Lipinski definition) is 2. The van der Waals surface area contributed by atoms with E-state index >= 15 is 0 Å². The van der Waals surface area contributed by atoms with Crippen molar-refractivity contribution in [1.82, 2.24) is 9.88 Å². The second-order valence-corrected chi connectivity index (χ2v) is 5.65. The lowest BCUT2D eigenvalue weighted by Gasteiger charge is -2.20. The number of carbonyl (C=O) groups is 1. The van der Waals surface area contributed by atoms with Gasteiger partial charge in [-0.25, -0.2) is 0 Å². The van der Waals surface area contributed by atoms with Gasteiger partial charge in [-0.2, -0.15) is 0 Å². The summed E-state index contributed by atoms with van der Waals surface area (Å²) in [5.41, 5.74) is 1.64. The Hall–Kier alpha value is -1.85. The van der Waals surface area contributed by atoms with Crippen LogP contribution in [0.5, 0.6) is 0 Å². The van der Waals surface area contributed by atoms with Crippen molar-refractivity contribution in [2.24, 2.45) is 5.92 Å². The lowest BCUT2D eigenvalue weighted by atomic mass is 10.1. The summed E-state index contributed by atoms with van der Waals surface area (Å²) >= 11 is 0. The predicted molar refractivity (Wildman–Crippen MR) is 87.0 cm³/mol. The molecule has 0 bridgehead atoms. The van der Waals surface area contributed by atoms with Gasteiger partial charge in [0.05, 0.1) is 6.61 Å². The number of rotatable bonds is 7. The molecule has 2 aromatic rings. The summed E-state index contributed by atoms with van der Waals surface area (Å²) in [5, 5.41) is 13.2. The van der Waals surface area contributed by atoms with Gasteiger partial charge in [0, 0.05) is 37.2 Å². The standard InChI is InChI=1S/C17H24N2O3/c1-12(11-20)13(2)18-17(21)16-10-14-6-4-5-7-15(14)19(16)8-9-22-3/h4-7,10,12-13,20H,8-9,11H2,1-3H3,(H,18,21). The Bertz CT molecular complexity index is 636. The fourth-order valence-electron chi connectivity index (χ4n) is 2.40. The third kappa shape index (κ3) is 3.48. The van der Waals surface area contributed by atoms with E-state index in [9.17, 15) is 9.90 Å². The van der Waals surface area contributed by atoms with E-state index in [1.54, 1.807) is 7.11 Å². The van der Waals surface area contributed by atoms with Crippen molar-refractivity contribution in [2.45, 2.75) is 26.4 Å². The minimum absolute atomic E-state index is 0.0146. The number of methoxy groups -OCH3 is 1. The molecule has 2 rings (SSSR count). The SMILES string of the molecule is COCCn1c(C(=O)NC(C)C(C)CO)cc2ccccc21. The van der Waals surface area contributed by atoms with Crippen molar-refractivity contribution in [3.63, 3.8) is 0 Å². The maximum absolute atomic E-state index is 12.6. The molecule has 0 aliphatic heterocycles. The first-order chi connectivity index (χ1) is 10.6. The van der Waals surface area contributed by atoms with Gasteiger partial charge in [-0.05, 0) is 25.0 Å². The van der Waals surface area contributed by atoms with Crippen LogP contribution in [-0.4, -0.2) is 41.9 Å². The van der Waals surface area contributed by atoms with Gasteiger partial charge in [0.15, 0.2) is 0 Å². The number of ether oxygens (including phenoxy) is 1. The van der Waals surface area contributed by atoms with Crippen molar-refractivity contribution in [1.29, 1.82) is 0 Å². The fraction of sp³-hybridized carbons (Fsp3) is 0.471. The number of fused-ring (bicyclic) bond motifs is 1. The number of benzene rings is 1. The largest absolute Gasteiger partial charge is 0.396 e. The minimum Gasteiger partial charge on any atom is -0.396 e. The van der Waals surface area contributed by atoms with Crippen molar-refractivity contribution in [2.75, 3.05) is 20.3 Å². The highest BCUT2D eigenvalue weighted by Gasteiger charge is 2.19. The molecule has 1 amide bonds.